The molecule has 0 saturated carbocycles. The second-order valence-electron chi connectivity index (χ2n) is 7.61. The average molecular weight is 460 g/mol. The van der Waals surface area contributed by atoms with E-state index in [1.54, 1.807) is 30.0 Å². The number of nitrogens with one attached hydrogen (secondary N) is 2. The molecule has 9 heteroatoms. The van der Waals surface area contributed by atoms with E-state index >= 15 is 0 Å². The van der Waals surface area contributed by atoms with Gasteiger partial charge in [-0.3, -0.25) is 9.59 Å². The number of benzene rings is 2. The maximum Gasteiger partial charge on any atom is 0.262 e. The van der Waals surface area contributed by atoms with Crippen molar-refractivity contribution in [1.29, 1.82) is 5.26 Å². The Labute approximate surface area is 196 Å². The van der Waals surface area contributed by atoms with Crippen molar-refractivity contribution in [3.05, 3.63) is 65.4 Å². The summed E-state index contributed by atoms with van der Waals surface area (Å²) in [5.41, 5.74) is 2.29. The number of carbonyl (C=O) groups is 2. The molecule has 2 heterocycles. The third-order valence-corrected chi connectivity index (χ3v) is 5.32. The maximum absolute atomic E-state index is 12.7. The van der Waals surface area contributed by atoms with E-state index in [0.717, 1.165) is 16.5 Å². The van der Waals surface area contributed by atoms with Crippen molar-refractivity contribution in [2.75, 3.05) is 27.1 Å². The molecule has 2 N–H and O–H groups in total. The van der Waals surface area contributed by atoms with Crippen molar-refractivity contribution >= 4 is 28.8 Å². The first-order valence-corrected chi connectivity index (χ1v) is 10.7. The molecular weight excluding hydrogens is 436 g/mol. The quantitative estimate of drug-likeness (QED) is 0.288. The molecule has 1 aliphatic rings. The van der Waals surface area contributed by atoms with Crippen LogP contribution in [0.2, 0.25) is 0 Å². The first-order valence-electron chi connectivity index (χ1n) is 10.7. The summed E-state index contributed by atoms with van der Waals surface area (Å²) in [5, 5.41) is 16.0. The summed E-state index contributed by atoms with van der Waals surface area (Å²) in [4.78, 5) is 25.0. The van der Waals surface area contributed by atoms with E-state index in [-0.39, 0.29) is 31.4 Å². The molecule has 0 saturated heterocycles. The lowest BCUT2D eigenvalue weighted by Crippen LogP contribution is -2.30. The van der Waals surface area contributed by atoms with Gasteiger partial charge in [-0.2, -0.15) is 5.26 Å². The van der Waals surface area contributed by atoms with Crippen molar-refractivity contribution in [3.8, 4) is 17.6 Å². The number of hydrogen-bond acceptors (Lipinski definition) is 6. The van der Waals surface area contributed by atoms with Crippen molar-refractivity contribution in [2.45, 2.75) is 13.1 Å². The van der Waals surface area contributed by atoms with Crippen LogP contribution >= 0.6 is 0 Å². The number of ether oxygens (including phenoxy) is 3. The molecule has 0 aliphatic carbocycles. The van der Waals surface area contributed by atoms with E-state index in [2.05, 4.69) is 10.6 Å². The highest BCUT2D eigenvalue weighted by molar-refractivity contribution is 6.04. The minimum absolute atomic E-state index is 0.0341. The Morgan fingerprint density at radius 1 is 1.18 bits per heavy atom. The van der Waals surface area contributed by atoms with Gasteiger partial charge in [-0.15, -0.1) is 0 Å². The SMILES string of the molecule is COCCNC(=O)Cn1cc(/C=C(\C#N)C(=O)NCc2ccc3c(c2)OCO3)c2ccccc21. The Balaban J connectivity index is 1.50. The molecule has 2 aromatic carbocycles. The smallest absolute Gasteiger partial charge is 0.262 e. The van der Waals surface area contributed by atoms with Crippen molar-refractivity contribution in [1.82, 2.24) is 15.2 Å². The Hall–Kier alpha value is -4.29. The van der Waals surface area contributed by atoms with Crippen LogP contribution in [-0.2, 0) is 27.4 Å². The molecule has 4 rings (SSSR count). The average Bonchev–Trinajstić information content (AvgIpc) is 3.45. The fourth-order valence-electron chi connectivity index (χ4n) is 3.66. The summed E-state index contributed by atoms with van der Waals surface area (Å²) in [6, 6.07) is 14.9. The third-order valence-electron chi connectivity index (χ3n) is 5.32. The van der Waals surface area contributed by atoms with Gasteiger partial charge in [0.1, 0.15) is 18.2 Å². The molecule has 174 valence electrons. The fraction of sp³-hybridized carbons (Fsp3) is 0.240. The van der Waals surface area contributed by atoms with Gasteiger partial charge in [-0.25, -0.2) is 0 Å². The topological polar surface area (TPSA) is 115 Å². The number of aromatic nitrogens is 1. The number of nitriles is 1. The van der Waals surface area contributed by atoms with Crippen molar-refractivity contribution in [3.63, 3.8) is 0 Å². The first-order chi connectivity index (χ1) is 16.6. The van der Waals surface area contributed by atoms with Gasteiger partial charge in [0.05, 0.1) is 6.61 Å². The zero-order chi connectivity index (χ0) is 23.9. The molecule has 34 heavy (non-hydrogen) atoms. The molecule has 0 radical (unpaired) electrons. The van der Waals surface area contributed by atoms with Gasteiger partial charge in [0.15, 0.2) is 11.5 Å². The van der Waals surface area contributed by atoms with E-state index in [1.165, 1.54) is 6.08 Å². The second-order valence-corrected chi connectivity index (χ2v) is 7.61. The van der Waals surface area contributed by atoms with E-state index in [0.29, 0.717) is 30.2 Å². The van der Waals surface area contributed by atoms with Gasteiger partial charge in [0, 0.05) is 42.9 Å². The standard InChI is InChI=1S/C25H24N4O5/c1-32-9-8-27-24(30)15-29-14-19(20-4-2-3-5-21(20)29)11-18(12-26)25(31)28-13-17-6-7-22-23(10-17)34-16-33-22/h2-7,10-11,14H,8-9,13,15-16H2,1H3,(H,27,30)(H,28,31)/b18-11+. The molecular formula is C25H24N4O5. The Morgan fingerprint density at radius 2 is 2.00 bits per heavy atom. The van der Waals surface area contributed by atoms with Gasteiger partial charge in [0.25, 0.3) is 5.91 Å². The number of fused-ring (bicyclic) bond motifs is 2. The third kappa shape index (κ3) is 5.19. The van der Waals surface area contributed by atoms with E-state index < -0.39 is 5.91 Å². The zero-order valence-electron chi connectivity index (χ0n) is 18.7. The lowest BCUT2D eigenvalue weighted by atomic mass is 10.1. The number of methoxy groups -OCH3 is 1. The van der Waals surface area contributed by atoms with Crippen molar-refractivity contribution in [2.24, 2.45) is 0 Å². The predicted octanol–water partition coefficient (Wildman–Crippen LogP) is 2.36. The molecule has 9 nitrogen and oxygen atoms in total. The Morgan fingerprint density at radius 3 is 2.82 bits per heavy atom. The van der Waals surface area contributed by atoms with Gasteiger partial charge in [-0.05, 0) is 29.8 Å². The first kappa shape index (κ1) is 22.9. The van der Waals surface area contributed by atoms with Crippen LogP contribution in [0.25, 0.3) is 17.0 Å². The number of carbonyl (C=O) groups excluding carboxylic acids is 2. The number of hydrogen-bond donors (Lipinski definition) is 2. The monoisotopic (exact) mass is 460 g/mol. The molecule has 0 bridgehead atoms. The highest BCUT2D eigenvalue weighted by atomic mass is 16.7. The fourth-order valence-corrected chi connectivity index (χ4v) is 3.66. The predicted molar refractivity (Wildman–Crippen MR) is 125 cm³/mol. The summed E-state index contributed by atoms with van der Waals surface area (Å²) in [5.74, 6) is 0.642. The lowest BCUT2D eigenvalue weighted by Gasteiger charge is -2.06. The summed E-state index contributed by atoms with van der Waals surface area (Å²) in [6.45, 7) is 1.37. The van der Waals surface area contributed by atoms with Crippen LogP contribution < -0.4 is 20.1 Å². The number of rotatable bonds is 9. The van der Waals surface area contributed by atoms with E-state index in [4.69, 9.17) is 14.2 Å². The summed E-state index contributed by atoms with van der Waals surface area (Å²) < 4.78 is 17.4. The normalized spacial score (nSPS) is 12.4. The minimum atomic E-state index is -0.491. The van der Waals surface area contributed by atoms with Crippen LogP contribution in [0, 0.1) is 11.3 Å². The molecule has 1 aliphatic heterocycles. The summed E-state index contributed by atoms with van der Waals surface area (Å²) in [7, 11) is 1.57. The number of para-hydroxylation sites is 1. The lowest BCUT2D eigenvalue weighted by molar-refractivity contribution is -0.121. The van der Waals surface area contributed by atoms with Crippen LogP contribution in [0.3, 0.4) is 0 Å². The Kier molecular flexibility index (Phi) is 7.10. The number of nitrogens with zero attached hydrogens (tertiary/aromatic N) is 2. The van der Waals surface area contributed by atoms with Crippen LogP contribution in [-0.4, -0.2) is 43.4 Å². The highest BCUT2D eigenvalue weighted by Crippen LogP contribution is 2.32. The second kappa shape index (κ2) is 10.6. The summed E-state index contributed by atoms with van der Waals surface area (Å²) >= 11 is 0. The van der Waals surface area contributed by atoms with Crippen LogP contribution in [0.15, 0.2) is 54.2 Å². The van der Waals surface area contributed by atoms with E-state index in [1.807, 2.05) is 36.4 Å². The zero-order valence-corrected chi connectivity index (χ0v) is 18.7. The summed E-state index contributed by atoms with van der Waals surface area (Å²) in [6.07, 6.45) is 3.31. The molecule has 2 amide bonds. The van der Waals surface area contributed by atoms with Gasteiger partial charge in [0.2, 0.25) is 12.7 Å². The van der Waals surface area contributed by atoms with Gasteiger partial charge >= 0.3 is 0 Å². The minimum Gasteiger partial charge on any atom is -0.454 e. The molecule has 0 atom stereocenters. The van der Waals surface area contributed by atoms with Gasteiger partial charge in [-0.1, -0.05) is 24.3 Å². The molecule has 3 aromatic rings. The van der Waals surface area contributed by atoms with E-state index in [9.17, 15) is 14.9 Å². The highest BCUT2D eigenvalue weighted by Gasteiger charge is 2.16. The maximum atomic E-state index is 12.7. The van der Waals surface area contributed by atoms with Crippen LogP contribution in [0.4, 0.5) is 0 Å². The number of amides is 2. The molecule has 0 spiro atoms. The van der Waals surface area contributed by atoms with Gasteiger partial charge < -0.3 is 29.4 Å². The molecule has 1 aromatic heterocycles. The van der Waals surface area contributed by atoms with Crippen molar-refractivity contribution < 1.29 is 23.8 Å². The van der Waals surface area contributed by atoms with Crippen LogP contribution in [0.1, 0.15) is 11.1 Å². The molecule has 0 unspecified atom stereocenters. The Bertz CT molecular complexity index is 1290. The largest absolute Gasteiger partial charge is 0.454 e. The molecule has 0 fully saturated rings. The van der Waals surface area contributed by atoms with Crippen LogP contribution in [0.5, 0.6) is 11.5 Å².